The van der Waals surface area contributed by atoms with E-state index in [0.717, 1.165) is 0 Å². The Morgan fingerprint density at radius 3 is 2.74 bits per heavy atom. The molecule has 0 saturated carbocycles. The lowest BCUT2D eigenvalue weighted by Gasteiger charge is -2.15. The smallest absolute Gasteiger partial charge is 0.326 e. The summed E-state index contributed by atoms with van der Waals surface area (Å²) in [6.45, 7) is 2.80. The third-order valence-corrected chi connectivity index (χ3v) is 2.74. The summed E-state index contributed by atoms with van der Waals surface area (Å²) >= 11 is 0. The molecule has 0 aliphatic rings. The molecule has 0 saturated heterocycles. The van der Waals surface area contributed by atoms with Gasteiger partial charge in [0, 0.05) is 12.7 Å². The van der Waals surface area contributed by atoms with Crippen LogP contribution in [-0.2, 0) is 4.79 Å². The van der Waals surface area contributed by atoms with Gasteiger partial charge in [-0.2, -0.15) is 0 Å². The van der Waals surface area contributed by atoms with Crippen LogP contribution in [0.4, 0.5) is 0 Å². The largest absolute Gasteiger partial charge is 0.487 e. The summed E-state index contributed by atoms with van der Waals surface area (Å²) in [5.74, 6) is -0.834. The van der Waals surface area contributed by atoms with Crippen molar-refractivity contribution in [2.45, 2.75) is 19.4 Å². The molecule has 6 heteroatoms. The second kappa shape index (κ2) is 6.94. The number of rotatable bonds is 7. The molecule has 0 aliphatic heterocycles. The van der Waals surface area contributed by atoms with Gasteiger partial charge in [-0.1, -0.05) is 6.92 Å². The van der Waals surface area contributed by atoms with Crippen LogP contribution in [0.5, 0.6) is 5.75 Å². The molecule has 1 aromatic rings. The van der Waals surface area contributed by atoms with E-state index in [1.54, 1.807) is 19.1 Å². The Hall–Kier alpha value is -1.82. The van der Waals surface area contributed by atoms with E-state index >= 15 is 0 Å². The fraction of sp³-hybridized carbons (Fsp3) is 0.538. The van der Waals surface area contributed by atoms with E-state index in [1.165, 1.54) is 10.8 Å². The van der Waals surface area contributed by atoms with Gasteiger partial charge in [0.25, 0.3) is 5.56 Å². The van der Waals surface area contributed by atoms with E-state index < -0.39 is 17.6 Å². The van der Waals surface area contributed by atoms with Crippen LogP contribution in [0, 0.1) is 0 Å². The number of aliphatic carboxylic acids is 1. The number of nitrogens with zero attached hydrogens (tertiary/aromatic N) is 2. The van der Waals surface area contributed by atoms with Crippen LogP contribution < -0.4 is 10.3 Å². The molecule has 0 amide bonds. The van der Waals surface area contributed by atoms with Crippen LogP contribution in [-0.4, -0.2) is 47.8 Å². The minimum Gasteiger partial charge on any atom is -0.487 e. The second-order valence-corrected chi connectivity index (χ2v) is 4.50. The number of carbonyl (C=O) groups is 1. The molecular weight excluding hydrogens is 248 g/mol. The van der Waals surface area contributed by atoms with E-state index in [1.807, 2.05) is 19.0 Å². The van der Waals surface area contributed by atoms with Crippen LogP contribution in [0.2, 0.25) is 0 Å². The lowest BCUT2D eigenvalue weighted by molar-refractivity contribution is -0.141. The normalized spacial score (nSPS) is 12.4. The van der Waals surface area contributed by atoms with Crippen molar-refractivity contribution in [3.63, 3.8) is 0 Å². The molecule has 1 heterocycles. The van der Waals surface area contributed by atoms with Gasteiger partial charge in [-0.25, -0.2) is 4.79 Å². The van der Waals surface area contributed by atoms with Crippen LogP contribution in [0.15, 0.2) is 23.1 Å². The summed E-state index contributed by atoms with van der Waals surface area (Å²) in [5, 5.41) is 9.08. The van der Waals surface area contributed by atoms with Gasteiger partial charge in [0.2, 0.25) is 0 Å². The molecule has 1 unspecified atom stereocenters. The standard InChI is InChI=1S/C13H20N2O4/c1-4-10(13(17)18)15-7-5-6-11(12(15)16)19-9-8-14(2)3/h5-7,10H,4,8-9H2,1-3H3,(H,17,18). The first-order valence-corrected chi connectivity index (χ1v) is 6.18. The number of likely N-dealkylation sites (N-methyl/N-ethyl adjacent to an activating group) is 1. The van der Waals surface area contributed by atoms with Crippen molar-refractivity contribution in [3.05, 3.63) is 28.7 Å². The molecule has 0 bridgehead atoms. The molecule has 0 radical (unpaired) electrons. The Bertz CT molecular complexity index is 482. The van der Waals surface area contributed by atoms with Crippen molar-refractivity contribution in [2.75, 3.05) is 27.2 Å². The van der Waals surface area contributed by atoms with Gasteiger partial charge in [0.1, 0.15) is 12.6 Å². The molecule has 106 valence electrons. The van der Waals surface area contributed by atoms with Crippen molar-refractivity contribution >= 4 is 5.97 Å². The van der Waals surface area contributed by atoms with Gasteiger partial charge in [-0.3, -0.25) is 9.36 Å². The highest BCUT2D eigenvalue weighted by Gasteiger charge is 2.19. The second-order valence-electron chi connectivity index (χ2n) is 4.50. The van der Waals surface area contributed by atoms with Gasteiger partial charge in [0.15, 0.2) is 5.75 Å². The molecule has 19 heavy (non-hydrogen) atoms. The number of carboxylic acids is 1. The third-order valence-electron chi connectivity index (χ3n) is 2.74. The van der Waals surface area contributed by atoms with Gasteiger partial charge >= 0.3 is 5.97 Å². The van der Waals surface area contributed by atoms with Crippen LogP contribution in [0.1, 0.15) is 19.4 Å². The number of ether oxygens (including phenoxy) is 1. The maximum atomic E-state index is 12.1. The number of aromatic nitrogens is 1. The summed E-state index contributed by atoms with van der Waals surface area (Å²) in [7, 11) is 3.81. The quantitative estimate of drug-likeness (QED) is 0.793. The van der Waals surface area contributed by atoms with Crippen molar-refractivity contribution in [1.82, 2.24) is 9.47 Å². The van der Waals surface area contributed by atoms with E-state index in [-0.39, 0.29) is 5.75 Å². The number of hydrogen-bond acceptors (Lipinski definition) is 4. The average Bonchev–Trinajstić information content (AvgIpc) is 2.33. The average molecular weight is 268 g/mol. The first-order chi connectivity index (χ1) is 8.97. The number of pyridine rings is 1. The molecule has 1 aromatic heterocycles. The summed E-state index contributed by atoms with van der Waals surface area (Å²) in [4.78, 5) is 25.1. The van der Waals surface area contributed by atoms with Crippen molar-refractivity contribution in [3.8, 4) is 5.75 Å². The molecule has 0 aromatic carbocycles. The predicted octanol–water partition coefficient (Wildman–Crippen LogP) is 0.824. The molecule has 1 atom stereocenters. The fourth-order valence-electron chi connectivity index (χ4n) is 1.67. The maximum Gasteiger partial charge on any atom is 0.326 e. The lowest BCUT2D eigenvalue weighted by Crippen LogP contribution is -2.30. The summed E-state index contributed by atoms with van der Waals surface area (Å²) < 4.78 is 6.60. The molecule has 1 N–H and O–H groups in total. The lowest BCUT2D eigenvalue weighted by atomic mass is 10.2. The van der Waals surface area contributed by atoms with Crippen molar-refractivity contribution in [2.24, 2.45) is 0 Å². The zero-order valence-corrected chi connectivity index (χ0v) is 11.5. The first kappa shape index (κ1) is 15.2. The Balaban J connectivity index is 2.92. The Morgan fingerprint density at radius 1 is 1.53 bits per heavy atom. The monoisotopic (exact) mass is 268 g/mol. The summed E-state index contributed by atoms with van der Waals surface area (Å²) in [6.07, 6.45) is 1.82. The Morgan fingerprint density at radius 2 is 2.21 bits per heavy atom. The first-order valence-electron chi connectivity index (χ1n) is 6.18. The molecule has 1 rings (SSSR count). The number of carboxylic acid groups (broad SMARTS) is 1. The van der Waals surface area contributed by atoms with E-state index in [0.29, 0.717) is 19.6 Å². The molecule has 0 aliphatic carbocycles. The van der Waals surface area contributed by atoms with Crippen LogP contribution >= 0.6 is 0 Å². The highest BCUT2D eigenvalue weighted by Crippen LogP contribution is 2.11. The van der Waals surface area contributed by atoms with Crippen molar-refractivity contribution < 1.29 is 14.6 Å². The predicted molar refractivity (Wildman–Crippen MR) is 71.7 cm³/mol. The SMILES string of the molecule is CCC(C(=O)O)n1cccc(OCCN(C)C)c1=O. The van der Waals surface area contributed by atoms with Crippen molar-refractivity contribution in [1.29, 1.82) is 0 Å². The highest BCUT2D eigenvalue weighted by atomic mass is 16.5. The van der Waals surface area contributed by atoms with E-state index in [2.05, 4.69) is 0 Å². The summed E-state index contributed by atoms with van der Waals surface area (Å²) in [6, 6.07) is 2.33. The van der Waals surface area contributed by atoms with E-state index in [4.69, 9.17) is 9.84 Å². The highest BCUT2D eigenvalue weighted by molar-refractivity contribution is 5.71. The van der Waals surface area contributed by atoms with E-state index in [9.17, 15) is 9.59 Å². The van der Waals surface area contributed by atoms with Gasteiger partial charge in [-0.05, 0) is 32.6 Å². The Labute approximate surface area is 112 Å². The minimum atomic E-state index is -1.02. The molecular formula is C13H20N2O4. The fourth-order valence-corrected chi connectivity index (χ4v) is 1.67. The van der Waals surface area contributed by atoms with Gasteiger partial charge < -0.3 is 14.7 Å². The molecule has 0 fully saturated rings. The van der Waals surface area contributed by atoms with Crippen LogP contribution in [0.25, 0.3) is 0 Å². The van der Waals surface area contributed by atoms with Gasteiger partial charge in [-0.15, -0.1) is 0 Å². The summed E-state index contributed by atoms with van der Waals surface area (Å²) in [5.41, 5.74) is -0.407. The Kier molecular flexibility index (Phi) is 5.57. The zero-order chi connectivity index (χ0) is 14.4. The van der Waals surface area contributed by atoms with Gasteiger partial charge in [0.05, 0.1) is 0 Å². The molecule has 0 spiro atoms. The number of hydrogen-bond donors (Lipinski definition) is 1. The van der Waals surface area contributed by atoms with Crippen LogP contribution in [0.3, 0.4) is 0 Å². The molecule has 6 nitrogen and oxygen atoms in total. The minimum absolute atomic E-state index is 0.184. The maximum absolute atomic E-state index is 12.1. The zero-order valence-electron chi connectivity index (χ0n) is 11.5. The third kappa shape index (κ3) is 4.10. The topological polar surface area (TPSA) is 71.8 Å².